The van der Waals surface area contributed by atoms with Gasteiger partial charge in [0, 0.05) is 18.2 Å². The molecule has 4 rings (SSSR count). The van der Waals surface area contributed by atoms with Gasteiger partial charge in [-0.25, -0.2) is 13.1 Å². The number of anilines is 1. The molecule has 1 aliphatic heterocycles. The van der Waals surface area contributed by atoms with Gasteiger partial charge in [-0.2, -0.15) is 0 Å². The molecule has 182 valence electrons. The molecular formula is C25H25N3O6S. The van der Waals surface area contributed by atoms with Crippen molar-refractivity contribution < 1.29 is 27.5 Å². The molecule has 0 radical (unpaired) electrons. The molecule has 1 aliphatic rings. The van der Waals surface area contributed by atoms with Gasteiger partial charge in [0.15, 0.2) is 11.5 Å². The molecule has 0 atom stereocenters. The number of rotatable bonds is 8. The smallest absolute Gasteiger partial charge is 0.255 e. The van der Waals surface area contributed by atoms with Crippen LogP contribution in [0.15, 0.2) is 71.6 Å². The number of nitrogens with one attached hydrogen (secondary N) is 3. The third-order valence-corrected chi connectivity index (χ3v) is 6.76. The minimum absolute atomic E-state index is 0.0198. The van der Waals surface area contributed by atoms with Crippen molar-refractivity contribution in [2.75, 3.05) is 12.1 Å². The van der Waals surface area contributed by atoms with E-state index in [1.165, 1.54) is 24.3 Å². The molecule has 3 N–H and O–H groups in total. The van der Waals surface area contributed by atoms with E-state index >= 15 is 0 Å². The Morgan fingerprint density at radius 3 is 2.49 bits per heavy atom. The van der Waals surface area contributed by atoms with Crippen molar-refractivity contribution in [2.24, 2.45) is 0 Å². The van der Waals surface area contributed by atoms with Gasteiger partial charge in [0.25, 0.3) is 11.8 Å². The average molecular weight is 496 g/mol. The number of fused-ring (bicyclic) bond motifs is 1. The number of sulfonamides is 1. The number of para-hydroxylation sites is 1. The van der Waals surface area contributed by atoms with Crippen molar-refractivity contribution in [3.8, 4) is 11.5 Å². The van der Waals surface area contributed by atoms with Gasteiger partial charge in [-0.1, -0.05) is 24.3 Å². The quantitative estimate of drug-likeness (QED) is 0.441. The number of benzene rings is 3. The number of carbonyl (C=O) groups excluding carboxylic acids is 2. The van der Waals surface area contributed by atoms with Crippen molar-refractivity contribution >= 4 is 27.5 Å². The molecule has 0 bridgehead atoms. The second-order valence-corrected chi connectivity index (χ2v) is 9.89. The lowest BCUT2D eigenvalue weighted by Crippen LogP contribution is -2.30. The van der Waals surface area contributed by atoms with E-state index in [0.717, 1.165) is 5.56 Å². The SMILES string of the molecule is CC(C)NS(=O)(=O)c1cccc(C(=O)Nc2ccccc2C(=O)NCc2ccc3c(c2)OCO3)c1. The molecular weight excluding hydrogens is 470 g/mol. The highest BCUT2D eigenvalue weighted by atomic mass is 32.2. The summed E-state index contributed by atoms with van der Waals surface area (Å²) < 4.78 is 38.1. The van der Waals surface area contributed by atoms with Crippen LogP contribution >= 0.6 is 0 Å². The molecule has 1 heterocycles. The largest absolute Gasteiger partial charge is 0.454 e. The molecule has 0 spiro atoms. The van der Waals surface area contributed by atoms with Gasteiger partial charge in [0.1, 0.15) is 0 Å². The molecule has 3 aromatic rings. The van der Waals surface area contributed by atoms with Crippen LogP contribution in [0.1, 0.15) is 40.1 Å². The Balaban J connectivity index is 1.47. The predicted molar refractivity (Wildman–Crippen MR) is 130 cm³/mol. The van der Waals surface area contributed by atoms with Crippen molar-refractivity contribution in [3.05, 3.63) is 83.4 Å². The normalized spacial score (nSPS) is 12.4. The number of carbonyl (C=O) groups is 2. The van der Waals surface area contributed by atoms with E-state index in [0.29, 0.717) is 17.2 Å². The molecule has 10 heteroatoms. The van der Waals surface area contributed by atoms with Crippen LogP contribution in [0.3, 0.4) is 0 Å². The van der Waals surface area contributed by atoms with Crippen LogP contribution in [0.5, 0.6) is 11.5 Å². The third kappa shape index (κ3) is 5.79. The number of ether oxygens (including phenoxy) is 2. The van der Waals surface area contributed by atoms with E-state index in [1.54, 1.807) is 50.2 Å². The average Bonchev–Trinajstić information content (AvgIpc) is 3.30. The fourth-order valence-corrected chi connectivity index (χ4v) is 4.79. The minimum atomic E-state index is -3.76. The Morgan fingerprint density at radius 2 is 1.69 bits per heavy atom. The number of hydrogen-bond acceptors (Lipinski definition) is 6. The van der Waals surface area contributed by atoms with E-state index in [9.17, 15) is 18.0 Å². The van der Waals surface area contributed by atoms with E-state index in [1.807, 2.05) is 6.07 Å². The van der Waals surface area contributed by atoms with Gasteiger partial charge in [-0.3, -0.25) is 9.59 Å². The molecule has 9 nitrogen and oxygen atoms in total. The predicted octanol–water partition coefficient (Wildman–Crippen LogP) is 3.28. The highest BCUT2D eigenvalue weighted by molar-refractivity contribution is 7.89. The minimum Gasteiger partial charge on any atom is -0.454 e. The van der Waals surface area contributed by atoms with Crippen molar-refractivity contribution in [2.45, 2.75) is 31.3 Å². The maximum atomic E-state index is 12.9. The fraction of sp³-hybridized carbons (Fsp3) is 0.200. The van der Waals surface area contributed by atoms with Gasteiger partial charge in [-0.05, 0) is 61.9 Å². The molecule has 0 aromatic heterocycles. The zero-order valence-electron chi connectivity index (χ0n) is 19.2. The number of amides is 2. The molecule has 3 aromatic carbocycles. The Hall–Kier alpha value is -3.89. The summed E-state index contributed by atoms with van der Waals surface area (Å²) in [6.07, 6.45) is 0. The van der Waals surface area contributed by atoms with Crippen LogP contribution in [0, 0.1) is 0 Å². The van der Waals surface area contributed by atoms with Crippen molar-refractivity contribution in [3.63, 3.8) is 0 Å². The lowest BCUT2D eigenvalue weighted by atomic mass is 10.1. The first-order valence-electron chi connectivity index (χ1n) is 10.9. The molecule has 0 fully saturated rings. The maximum absolute atomic E-state index is 12.9. The second-order valence-electron chi connectivity index (χ2n) is 8.17. The van der Waals surface area contributed by atoms with E-state index in [4.69, 9.17) is 9.47 Å². The van der Waals surface area contributed by atoms with E-state index < -0.39 is 15.9 Å². The number of hydrogen-bond donors (Lipinski definition) is 3. The molecule has 2 amide bonds. The standard InChI is InChI=1S/C25H25N3O6S/c1-16(2)28-35(31,32)19-7-5-6-18(13-19)24(29)27-21-9-4-3-8-20(21)25(30)26-14-17-10-11-22-23(12-17)34-15-33-22/h3-13,16,28H,14-15H2,1-2H3,(H,26,30)(H,27,29). The Labute approximate surface area is 203 Å². The monoisotopic (exact) mass is 495 g/mol. The summed E-state index contributed by atoms with van der Waals surface area (Å²) in [5, 5.41) is 5.54. The second kappa shape index (κ2) is 10.2. The molecule has 0 saturated carbocycles. The summed E-state index contributed by atoms with van der Waals surface area (Å²) in [5.41, 5.74) is 1.55. The lowest BCUT2D eigenvalue weighted by molar-refractivity contribution is 0.0951. The van der Waals surface area contributed by atoms with Crippen LogP contribution in [0.25, 0.3) is 0 Å². The van der Waals surface area contributed by atoms with Crippen LogP contribution in [-0.4, -0.2) is 33.1 Å². The highest BCUT2D eigenvalue weighted by Gasteiger charge is 2.19. The molecule has 0 saturated heterocycles. The van der Waals surface area contributed by atoms with Gasteiger partial charge in [0.05, 0.1) is 16.1 Å². The maximum Gasteiger partial charge on any atom is 0.255 e. The topological polar surface area (TPSA) is 123 Å². The van der Waals surface area contributed by atoms with Crippen LogP contribution in [0.2, 0.25) is 0 Å². The van der Waals surface area contributed by atoms with Crippen molar-refractivity contribution in [1.82, 2.24) is 10.0 Å². The summed E-state index contributed by atoms with van der Waals surface area (Å²) in [6.45, 7) is 3.84. The van der Waals surface area contributed by atoms with Gasteiger partial charge >= 0.3 is 0 Å². The fourth-order valence-electron chi connectivity index (χ4n) is 3.50. The summed E-state index contributed by atoms with van der Waals surface area (Å²) in [6, 6.07) is 17.4. The summed E-state index contributed by atoms with van der Waals surface area (Å²) in [7, 11) is -3.76. The van der Waals surface area contributed by atoms with E-state index in [-0.39, 0.29) is 41.3 Å². The first kappa shape index (κ1) is 24.2. The molecule has 0 aliphatic carbocycles. The van der Waals surface area contributed by atoms with Crippen LogP contribution in [0.4, 0.5) is 5.69 Å². The Bertz CT molecular complexity index is 1370. The van der Waals surface area contributed by atoms with Crippen LogP contribution in [-0.2, 0) is 16.6 Å². The lowest BCUT2D eigenvalue weighted by Gasteiger charge is -2.13. The van der Waals surface area contributed by atoms with E-state index in [2.05, 4.69) is 15.4 Å². The zero-order valence-corrected chi connectivity index (χ0v) is 20.0. The first-order valence-corrected chi connectivity index (χ1v) is 12.4. The van der Waals surface area contributed by atoms with Gasteiger partial charge < -0.3 is 20.1 Å². The Kier molecular flexibility index (Phi) is 7.04. The van der Waals surface area contributed by atoms with Crippen molar-refractivity contribution in [1.29, 1.82) is 0 Å². The molecule has 35 heavy (non-hydrogen) atoms. The van der Waals surface area contributed by atoms with Gasteiger partial charge in [-0.15, -0.1) is 0 Å². The molecule has 0 unspecified atom stereocenters. The summed E-state index contributed by atoms with van der Waals surface area (Å²) in [4.78, 5) is 25.7. The highest BCUT2D eigenvalue weighted by Crippen LogP contribution is 2.32. The Morgan fingerprint density at radius 1 is 0.914 bits per heavy atom. The van der Waals surface area contributed by atoms with Gasteiger partial charge in [0.2, 0.25) is 16.8 Å². The zero-order chi connectivity index (χ0) is 25.0. The summed E-state index contributed by atoms with van der Waals surface area (Å²) in [5.74, 6) is 0.362. The third-order valence-electron chi connectivity index (χ3n) is 5.11. The van der Waals surface area contributed by atoms with Crippen LogP contribution < -0.4 is 24.8 Å². The first-order chi connectivity index (χ1) is 16.7. The summed E-state index contributed by atoms with van der Waals surface area (Å²) >= 11 is 0.